The highest BCUT2D eigenvalue weighted by molar-refractivity contribution is 5.88. The summed E-state index contributed by atoms with van der Waals surface area (Å²) in [4.78, 5) is 30.5. The van der Waals surface area contributed by atoms with E-state index in [9.17, 15) is 4.79 Å². The van der Waals surface area contributed by atoms with Crippen molar-refractivity contribution in [2.45, 2.75) is 46.3 Å². The van der Waals surface area contributed by atoms with Crippen LogP contribution in [0.3, 0.4) is 0 Å². The third kappa shape index (κ3) is 5.99. The summed E-state index contributed by atoms with van der Waals surface area (Å²) >= 11 is 0. The van der Waals surface area contributed by atoms with Crippen LogP contribution in [0.5, 0.6) is 11.5 Å². The molecule has 12 nitrogen and oxygen atoms in total. The van der Waals surface area contributed by atoms with Crippen molar-refractivity contribution < 1.29 is 14.3 Å². The van der Waals surface area contributed by atoms with Crippen molar-refractivity contribution in [3.05, 3.63) is 60.4 Å². The van der Waals surface area contributed by atoms with Crippen LogP contribution in [0.4, 0.5) is 22.1 Å². The van der Waals surface area contributed by atoms with E-state index in [1.807, 2.05) is 83.3 Å². The van der Waals surface area contributed by atoms with E-state index in [-0.39, 0.29) is 12.1 Å². The molecule has 1 aliphatic heterocycles. The minimum Gasteiger partial charge on any atom is -0.457 e. The lowest BCUT2D eigenvalue weighted by molar-refractivity contribution is 0.0218. The van der Waals surface area contributed by atoms with Gasteiger partial charge in [-0.2, -0.15) is 0 Å². The molecule has 1 aliphatic rings. The largest absolute Gasteiger partial charge is 0.457 e. The highest BCUT2D eigenvalue weighted by Crippen LogP contribution is 2.31. The maximum absolute atomic E-state index is 12.6. The number of amides is 1. The molecule has 1 N–H and O–H groups in total. The molecule has 6 rings (SSSR count). The molecule has 5 aromatic rings. The highest BCUT2D eigenvalue weighted by Gasteiger charge is 2.30. The zero-order chi connectivity index (χ0) is 30.3. The van der Waals surface area contributed by atoms with Crippen molar-refractivity contribution in [1.29, 1.82) is 0 Å². The molecular formula is C31H35N9O3. The predicted molar refractivity (Wildman–Crippen MR) is 165 cm³/mol. The van der Waals surface area contributed by atoms with Crippen molar-refractivity contribution >= 4 is 45.5 Å². The smallest absolute Gasteiger partial charge is 0.410 e. The average Bonchev–Trinajstić information content (AvgIpc) is 3.33. The molecule has 0 unspecified atom stereocenters. The molecule has 43 heavy (non-hydrogen) atoms. The number of nitrogens with one attached hydrogen (secondary N) is 1. The summed E-state index contributed by atoms with van der Waals surface area (Å²) in [5.74, 6) is 2.84. The summed E-state index contributed by atoms with van der Waals surface area (Å²) in [5.41, 5.74) is 4.38. The van der Waals surface area contributed by atoms with Crippen LogP contribution in [0.1, 0.15) is 33.3 Å². The van der Waals surface area contributed by atoms with Gasteiger partial charge in [-0.25, -0.2) is 24.4 Å². The van der Waals surface area contributed by atoms with Crippen LogP contribution in [0.2, 0.25) is 0 Å². The fourth-order valence-corrected chi connectivity index (χ4v) is 5.16. The van der Waals surface area contributed by atoms with Gasteiger partial charge in [-0.05, 0) is 82.6 Å². The van der Waals surface area contributed by atoms with Gasteiger partial charge >= 0.3 is 6.09 Å². The summed E-state index contributed by atoms with van der Waals surface area (Å²) < 4.78 is 13.5. The Morgan fingerprint density at radius 3 is 2.63 bits per heavy atom. The lowest BCUT2D eigenvalue weighted by atomic mass is 10.2. The number of rotatable bonds is 5. The number of fused-ring (bicyclic) bond motifs is 2. The number of pyridine rings is 1. The first-order valence-corrected chi connectivity index (χ1v) is 14.3. The summed E-state index contributed by atoms with van der Waals surface area (Å²) in [6, 6.07) is 15.6. The maximum atomic E-state index is 12.6. The molecular weight excluding hydrogens is 546 g/mol. The van der Waals surface area contributed by atoms with Crippen LogP contribution in [-0.2, 0) is 11.8 Å². The normalized spacial score (nSPS) is 15.6. The average molecular weight is 582 g/mol. The Hall–Kier alpha value is -5.00. The van der Waals surface area contributed by atoms with Crippen LogP contribution < -0.4 is 15.0 Å². The number of ether oxygens (including phenoxy) is 2. The molecule has 0 bridgehead atoms. The third-order valence-corrected chi connectivity index (χ3v) is 7.29. The zero-order valence-corrected chi connectivity index (χ0v) is 25.2. The third-order valence-electron chi connectivity index (χ3n) is 7.29. The van der Waals surface area contributed by atoms with Crippen LogP contribution in [0, 0.1) is 6.92 Å². The number of nitrogens with zero attached hydrogens (tertiary/aromatic N) is 8. The summed E-state index contributed by atoms with van der Waals surface area (Å²) in [6.07, 6.45) is 1.24. The Bertz CT molecular complexity index is 1810. The van der Waals surface area contributed by atoms with E-state index in [0.29, 0.717) is 36.7 Å². The molecule has 4 heterocycles. The van der Waals surface area contributed by atoms with Crippen molar-refractivity contribution in [1.82, 2.24) is 34.8 Å². The minimum absolute atomic E-state index is 0.0529. The van der Waals surface area contributed by atoms with E-state index in [1.54, 1.807) is 9.58 Å². The lowest BCUT2D eigenvalue weighted by Gasteiger charge is -2.40. The maximum Gasteiger partial charge on any atom is 0.410 e. The fraction of sp³-hybridized carbons (Fsp3) is 0.355. The van der Waals surface area contributed by atoms with Crippen molar-refractivity contribution in [3.63, 3.8) is 0 Å². The number of aryl methyl sites for hydroxylation is 2. The standard InChI is InChI=1S/C31H35N9O3/c1-19-15-21(7-11-26(19)42-22-8-10-25-24(16-22)36-37-38(25)6)34-29-28-23(32-18-33-29)9-12-27(35-28)40-14-13-39(17-20(40)2)30(41)43-31(3,4)5/h7-12,15-16,18,20H,13-14,17H2,1-6H3,(H,32,33,34)/t20-/m0/s1. The van der Waals surface area contributed by atoms with Gasteiger partial charge in [0.15, 0.2) is 5.82 Å². The number of hydrogen-bond donors (Lipinski definition) is 1. The Morgan fingerprint density at radius 2 is 1.86 bits per heavy atom. The Morgan fingerprint density at radius 1 is 1.02 bits per heavy atom. The first-order valence-electron chi connectivity index (χ1n) is 14.3. The summed E-state index contributed by atoms with van der Waals surface area (Å²) in [7, 11) is 1.86. The summed E-state index contributed by atoms with van der Waals surface area (Å²) in [5, 5.41) is 11.6. The number of carbonyl (C=O) groups excluding carboxylic acids is 1. The van der Waals surface area contributed by atoms with E-state index in [2.05, 4.69) is 37.4 Å². The van der Waals surface area contributed by atoms with Crippen molar-refractivity contribution in [2.24, 2.45) is 7.05 Å². The molecule has 3 aromatic heterocycles. The molecule has 12 heteroatoms. The fourth-order valence-electron chi connectivity index (χ4n) is 5.16. The van der Waals surface area contributed by atoms with Gasteiger partial charge in [-0.3, -0.25) is 0 Å². The van der Waals surface area contributed by atoms with Gasteiger partial charge in [0.25, 0.3) is 0 Å². The van der Waals surface area contributed by atoms with Gasteiger partial charge in [-0.1, -0.05) is 5.21 Å². The van der Waals surface area contributed by atoms with Crippen LogP contribution in [-0.4, -0.2) is 72.2 Å². The van der Waals surface area contributed by atoms with E-state index in [1.165, 1.54) is 6.33 Å². The SMILES string of the molecule is Cc1cc(Nc2ncnc3ccc(N4CCN(C(=O)OC(C)(C)C)C[C@@H]4C)nc23)ccc1Oc1ccc2c(c1)nnn2C. The van der Waals surface area contributed by atoms with Crippen LogP contribution in [0.15, 0.2) is 54.9 Å². The lowest BCUT2D eigenvalue weighted by Crippen LogP contribution is -2.54. The second-order valence-electron chi connectivity index (χ2n) is 11.8. The van der Waals surface area contributed by atoms with Crippen LogP contribution >= 0.6 is 0 Å². The molecule has 0 spiro atoms. The molecule has 0 aliphatic carbocycles. The number of aromatic nitrogens is 6. The molecule has 1 fully saturated rings. The second kappa shape index (κ2) is 11.0. The molecule has 1 atom stereocenters. The zero-order valence-electron chi connectivity index (χ0n) is 25.2. The monoisotopic (exact) mass is 581 g/mol. The number of carbonyl (C=O) groups is 1. The van der Waals surface area contributed by atoms with Gasteiger partial charge in [0.05, 0.1) is 11.0 Å². The molecule has 1 saturated heterocycles. The first-order chi connectivity index (χ1) is 20.5. The Balaban J connectivity index is 1.19. The van der Waals surface area contributed by atoms with E-state index >= 15 is 0 Å². The van der Waals surface area contributed by atoms with Crippen molar-refractivity contribution in [2.75, 3.05) is 29.9 Å². The molecule has 1 amide bonds. The predicted octanol–water partition coefficient (Wildman–Crippen LogP) is 5.60. The Kier molecular flexibility index (Phi) is 7.20. The van der Waals surface area contributed by atoms with Gasteiger partial charge in [0, 0.05) is 44.5 Å². The van der Waals surface area contributed by atoms with Gasteiger partial charge in [-0.15, -0.1) is 5.10 Å². The van der Waals surface area contributed by atoms with Crippen molar-refractivity contribution in [3.8, 4) is 11.5 Å². The van der Waals surface area contributed by atoms with Gasteiger partial charge in [0.1, 0.15) is 40.3 Å². The minimum atomic E-state index is -0.528. The van der Waals surface area contributed by atoms with E-state index < -0.39 is 5.60 Å². The van der Waals surface area contributed by atoms with Gasteiger partial charge in [0.2, 0.25) is 0 Å². The first kappa shape index (κ1) is 28.1. The number of piperazine rings is 1. The molecule has 2 aromatic carbocycles. The van der Waals surface area contributed by atoms with E-state index in [0.717, 1.165) is 39.4 Å². The number of benzene rings is 2. The highest BCUT2D eigenvalue weighted by atomic mass is 16.6. The quantitative estimate of drug-likeness (QED) is 0.281. The van der Waals surface area contributed by atoms with E-state index in [4.69, 9.17) is 14.5 Å². The second-order valence-corrected chi connectivity index (χ2v) is 11.8. The molecule has 222 valence electrons. The number of hydrogen-bond acceptors (Lipinski definition) is 10. The molecule has 0 saturated carbocycles. The Labute approximate surface area is 249 Å². The number of anilines is 3. The summed E-state index contributed by atoms with van der Waals surface area (Å²) in [6.45, 7) is 11.4. The van der Waals surface area contributed by atoms with Crippen LogP contribution in [0.25, 0.3) is 22.1 Å². The topological polar surface area (TPSA) is 123 Å². The molecule has 0 radical (unpaired) electrons. The van der Waals surface area contributed by atoms with Gasteiger partial charge < -0.3 is 24.6 Å².